The second-order valence-electron chi connectivity index (χ2n) is 8.06. The lowest BCUT2D eigenvalue weighted by atomic mass is 9.90. The van der Waals surface area contributed by atoms with Crippen molar-refractivity contribution < 1.29 is 4.79 Å². The molecule has 31 heavy (non-hydrogen) atoms. The molecule has 0 saturated carbocycles. The van der Waals surface area contributed by atoms with Crippen LogP contribution in [0.5, 0.6) is 0 Å². The van der Waals surface area contributed by atoms with Gasteiger partial charge in [0.05, 0.1) is 22.5 Å². The summed E-state index contributed by atoms with van der Waals surface area (Å²) in [4.78, 5) is 24.8. The van der Waals surface area contributed by atoms with E-state index in [1.54, 1.807) is 22.4 Å². The van der Waals surface area contributed by atoms with E-state index >= 15 is 0 Å². The van der Waals surface area contributed by atoms with Gasteiger partial charge in [0.2, 0.25) is 0 Å². The second kappa shape index (κ2) is 8.60. The minimum Gasteiger partial charge on any atom is -0.278 e. The summed E-state index contributed by atoms with van der Waals surface area (Å²) < 4.78 is 1.11. The van der Waals surface area contributed by atoms with Crippen molar-refractivity contribution in [1.29, 1.82) is 0 Å². The highest BCUT2D eigenvalue weighted by molar-refractivity contribution is 7.22. The van der Waals surface area contributed by atoms with Crippen molar-refractivity contribution in [2.45, 2.75) is 45.6 Å². The number of carbonyl (C=O) groups is 1. The van der Waals surface area contributed by atoms with Crippen LogP contribution in [0.3, 0.4) is 0 Å². The Hall–Kier alpha value is -3.05. The number of benzene rings is 2. The molecule has 0 atom stereocenters. The fourth-order valence-corrected chi connectivity index (χ4v) is 5.22. The average Bonchev–Trinajstić information content (AvgIpc) is 3.25. The van der Waals surface area contributed by atoms with Gasteiger partial charge in [-0.1, -0.05) is 36.5 Å². The van der Waals surface area contributed by atoms with Gasteiger partial charge in [-0.3, -0.25) is 14.7 Å². The number of hydrogen-bond acceptors (Lipinski definition) is 4. The predicted octanol–water partition coefficient (Wildman–Crippen LogP) is 5.98. The number of carbonyl (C=O) groups excluding carboxylic acids is 1. The molecule has 2 heterocycles. The summed E-state index contributed by atoms with van der Waals surface area (Å²) in [6, 6.07) is 18.3. The molecule has 4 aromatic rings. The van der Waals surface area contributed by atoms with Gasteiger partial charge < -0.3 is 0 Å². The molecule has 4 nitrogen and oxygen atoms in total. The molecule has 1 aliphatic rings. The molecule has 0 radical (unpaired) electrons. The molecule has 2 aromatic carbocycles. The third-order valence-corrected chi connectivity index (χ3v) is 7.01. The summed E-state index contributed by atoms with van der Waals surface area (Å²) >= 11 is 1.57. The van der Waals surface area contributed by atoms with Gasteiger partial charge in [0.15, 0.2) is 5.13 Å². The number of aryl methyl sites for hydroxylation is 3. The molecule has 5 rings (SSSR count). The van der Waals surface area contributed by atoms with Crippen LogP contribution in [0, 0.1) is 0 Å². The molecule has 0 aliphatic heterocycles. The maximum absolute atomic E-state index is 13.7. The number of pyridine rings is 1. The van der Waals surface area contributed by atoms with E-state index in [0.717, 1.165) is 45.9 Å². The Labute approximate surface area is 186 Å². The van der Waals surface area contributed by atoms with E-state index in [0.29, 0.717) is 6.54 Å². The number of fused-ring (bicyclic) bond motifs is 2. The summed E-state index contributed by atoms with van der Waals surface area (Å²) in [5, 5.41) is 0.719. The number of nitrogens with zero attached hydrogens (tertiary/aromatic N) is 3. The van der Waals surface area contributed by atoms with Gasteiger partial charge in [0, 0.05) is 11.8 Å². The van der Waals surface area contributed by atoms with E-state index in [4.69, 9.17) is 4.98 Å². The molecule has 0 N–H and O–H groups in total. The average molecular weight is 428 g/mol. The Balaban J connectivity index is 1.54. The van der Waals surface area contributed by atoms with E-state index in [1.165, 1.54) is 29.5 Å². The smallest absolute Gasteiger partial charge is 0.260 e. The molecule has 0 spiro atoms. The largest absolute Gasteiger partial charge is 0.278 e. The van der Waals surface area contributed by atoms with Crippen molar-refractivity contribution in [2.75, 3.05) is 4.90 Å². The summed E-state index contributed by atoms with van der Waals surface area (Å²) in [6.45, 7) is 2.55. The molecule has 156 valence electrons. The summed E-state index contributed by atoms with van der Waals surface area (Å²) in [5.74, 6) is -0.0196. The Morgan fingerprint density at radius 2 is 1.90 bits per heavy atom. The standard InChI is InChI=1S/C26H25N3OS/c1-2-18-10-13-23-24(15-18)31-26(28-23)29(17-22-9-5-6-14-27-22)25(30)21-12-11-19-7-3-4-8-20(19)16-21/h5-6,9-16H,2-4,7-8,17H2,1H3. The van der Waals surface area contributed by atoms with E-state index in [9.17, 15) is 4.79 Å². The molecule has 0 bridgehead atoms. The number of anilines is 1. The van der Waals surface area contributed by atoms with E-state index < -0.39 is 0 Å². The van der Waals surface area contributed by atoms with Crippen molar-refractivity contribution in [2.24, 2.45) is 0 Å². The van der Waals surface area contributed by atoms with E-state index in [2.05, 4.69) is 42.2 Å². The van der Waals surface area contributed by atoms with Crippen LogP contribution >= 0.6 is 11.3 Å². The predicted molar refractivity (Wildman–Crippen MR) is 127 cm³/mol. The van der Waals surface area contributed by atoms with Crippen LogP contribution in [0.15, 0.2) is 60.8 Å². The first kappa shape index (κ1) is 19.9. The van der Waals surface area contributed by atoms with Crippen LogP contribution in [0.2, 0.25) is 0 Å². The second-order valence-corrected chi connectivity index (χ2v) is 9.06. The monoisotopic (exact) mass is 427 g/mol. The van der Waals surface area contributed by atoms with Crippen LogP contribution in [0.1, 0.15) is 52.5 Å². The highest BCUT2D eigenvalue weighted by atomic mass is 32.1. The highest BCUT2D eigenvalue weighted by Crippen LogP contribution is 2.32. The van der Waals surface area contributed by atoms with Crippen molar-refractivity contribution in [3.63, 3.8) is 0 Å². The number of aromatic nitrogens is 2. The minimum atomic E-state index is -0.0196. The topological polar surface area (TPSA) is 46.1 Å². The fourth-order valence-electron chi connectivity index (χ4n) is 4.19. The number of rotatable bonds is 5. The Bertz CT molecular complexity index is 1230. The van der Waals surface area contributed by atoms with Gasteiger partial charge in [0.25, 0.3) is 5.91 Å². The third-order valence-electron chi connectivity index (χ3n) is 5.97. The van der Waals surface area contributed by atoms with Gasteiger partial charge >= 0.3 is 0 Å². The Kier molecular flexibility index (Phi) is 5.51. The van der Waals surface area contributed by atoms with Crippen LogP contribution in [-0.2, 0) is 25.8 Å². The van der Waals surface area contributed by atoms with Gasteiger partial charge in [-0.15, -0.1) is 0 Å². The quantitative estimate of drug-likeness (QED) is 0.394. The summed E-state index contributed by atoms with van der Waals surface area (Å²) in [5.41, 5.74) is 6.48. The molecule has 0 fully saturated rings. The number of amides is 1. The van der Waals surface area contributed by atoms with Crippen LogP contribution < -0.4 is 4.90 Å². The highest BCUT2D eigenvalue weighted by Gasteiger charge is 2.23. The van der Waals surface area contributed by atoms with Crippen LogP contribution in [0.25, 0.3) is 10.2 Å². The van der Waals surface area contributed by atoms with Gasteiger partial charge in [0.1, 0.15) is 0 Å². The lowest BCUT2D eigenvalue weighted by Crippen LogP contribution is -2.31. The first-order chi connectivity index (χ1) is 15.2. The zero-order valence-electron chi connectivity index (χ0n) is 17.7. The molecule has 2 aromatic heterocycles. The SMILES string of the molecule is CCc1ccc2nc(N(Cc3ccccn3)C(=O)c3ccc4c(c3)CCCC4)sc2c1. The molecular formula is C26H25N3OS. The number of thiazole rings is 1. The molecular weight excluding hydrogens is 402 g/mol. The Morgan fingerprint density at radius 1 is 1.03 bits per heavy atom. The first-order valence-electron chi connectivity index (χ1n) is 10.9. The zero-order chi connectivity index (χ0) is 21.2. The first-order valence-corrected chi connectivity index (χ1v) is 11.8. The van der Waals surface area contributed by atoms with Crippen molar-refractivity contribution in [3.8, 4) is 0 Å². The van der Waals surface area contributed by atoms with Crippen molar-refractivity contribution in [3.05, 3.63) is 88.7 Å². The van der Waals surface area contributed by atoms with E-state index in [1.807, 2.05) is 24.3 Å². The molecule has 5 heteroatoms. The fraction of sp³-hybridized carbons (Fsp3) is 0.269. The van der Waals surface area contributed by atoms with Crippen molar-refractivity contribution in [1.82, 2.24) is 9.97 Å². The van der Waals surface area contributed by atoms with Gasteiger partial charge in [-0.2, -0.15) is 0 Å². The lowest BCUT2D eigenvalue weighted by Gasteiger charge is -2.21. The molecule has 1 aliphatic carbocycles. The molecule has 0 saturated heterocycles. The zero-order valence-corrected chi connectivity index (χ0v) is 18.5. The normalized spacial score (nSPS) is 13.2. The van der Waals surface area contributed by atoms with Crippen molar-refractivity contribution >= 4 is 32.6 Å². The van der Waals surface area contributed by atoms with E-state index in [-0.39, 0.29) is 5.91 Å². The summed E-state index contributed by atoms with van der Waals surface area (Å²) in [6.07, 6.45) is 7.34. The van der Waals surface area contributed by atoms with Crippen LogP contribution in [0.4, 0.5) is 5.13 Å². The van der Waals surface area contributed by atoms with Gasteiger partial charge in [-0.05, 0) is 85.2 Å². The maximum Gasteiger partial charge on any atom is 0.260 e. The van der Waals surface area contributed by atoms with Gasteiger partial charge in [-0.25, -0.2) is 4.98 Å². The molecule has 0 unspecified atom stereocenters. The van der Waals surface area contributed by atoms with Crippen LogP contribution in [-0.4, -0.2) is 15.9 Å². The number of hydrogen-bond donors (Lipinski definition) is 0. The Morgan fingerprint density at radius 3 is 2.71 bits per heavy atom. The maximum atomic E-state index is 13.7. The lowest BCUT2D eigenvalue weighted by molar-refractivity contribution is 0.0984. The molecule has 1 amide bonds. The minimum absolute atomic E-state index is 0.0196. The summed E-state index contributed by atoms with van der Waals surface area (Å²) in [7, 11) is 0. The third kappa shape index (κ3) is 4.10.